The van der Waals surface area contributed by atoms with Gasteiger partial charge in [0.05, 0.1) is 39.6 Å². The fourth-order valence-electron chi connectivity index (χ4n) is 8.31. The number of hydrogen-bond donors (Lipinski definition) is 4. The lowest BCUT2D eigenvalue weighted by Gasteiger charge is -2.32. The first-order valence-corrected chi connectivity index (χ1v) is 31.2. The second kappa shape index (κ2) is 35.1. The first kappa shape index (κ1) is 82.6. The Bertz CT molecular complexity index is 2730. The summed E-state index contributed by atoms with van der Waals surface area (Å²) in [5, 5.41) is 41.1. The molecule has 30 heteroatoms. The number of hydrogen-bond acceptors (Lipinski definition) is 27. The molecule has 30 nitrogen and oxygen atoms in total. The van der Waals surface area contributed by atoms with E-state index in [-0.39, 0.29) is 19.8 Å². The molecule has 2 aromatic carbocycles. The molecule has 0 bridgehead atoms. The van der Waals surface area contributed by atoms with E-state index in [0.717, 1.165) is 0 Å². The van der Waals surface area contributed by atoms with E-state index in [1.165, 1.54) is 13.8 Å². The Hall–Kier alpha value is -7.61. The Kier molecular flexibility index (Phi) is 30.2. The van der Waals surface area contributed by atoms with Crippen LogP contribution >= 0.6 is 0 Å². The van der Waals surface area contributed by atoms with Crippen molar-refractivity contribution in [3.05, 3.63) is 60.7 Å². The van der Waals surface area contributed by atoms with Crippen LogP contribution in [-0.2, 0) is 71.2 Å². The number of ether oxygens (including phenoxy) is 14. The van der Waals surface area contributed by atoms with E-state index in [0.29, 0.717) is 26.2 Å². The van der Waals surface area contributed by atoms with E-state index < -0.39 is 181 Å². The standard InChI is InChI=1S/2C24H35NO9.C18H31NO9/c1-15-19(26)18(32-16-11-9-8-10-12-16)14-30-13-17(20(27)31-15)25(21(28)33-23(2,3)4)22(29)34-24(5,6)7;1-15-19(32-16-11-9-8-10-12-16)18(26)14-30-13-17(20(27)31-15)25(21(28)33-23(2,3)4)22(29)34-24(5,6)7;1-10-13(21)12(20)9-25-8-11(14(22)26-10)19(15(23)27-17(2,3)4)16(24)28-18(5,6)7/h2*8-12,15,17-19,26H,13-14H2,1-7H3;10-13,20-21H,8-9H2,1-7H3/t2*15-,17-,18-,19-;10-,11-,12-,13-/m000/s1. The third kappa shape index (κ3) is 28.6. The molecule has 2 aromatic rings. The van der Waals surface area contributed by atoms with Crippen LogP contribution in [0.4, 0.5) is 28.8 Å². The number of carbonyl (C=O) groups is 9. The Morgan fingerprint density at radius 2 is 0.625 bits per heavy atom. The van der Waals surface area contributed by atoms with Gasteiger partial charge in [-0.3, -0.25) is 0 Å². The summed E-state index contributed by atoms with van der Waals surface area (Å²) in [6, 6.07) is 13.0. The van der Waals surface area contributed by atoms with E-state index in [9.17, 15) is 63.6 Å². The minimum atomic E-state index is -1.52. The molecule has 542 valence electrons. The van der Waals surface area contributed by atoms with Crippen LogP contribution in [0.2, 0.25) is 0 Å². The number of rotatable bonds is 7. The van der Waals surface area contributed by atoms with Crippen molar-refractivity contribution < 1.29 is 130 Å². The van der Waals surface area contributed by atoms with Crippen molar-refractivity contribution in [1.29, 1.82) is 0 Å². The summed E-state index contributed by atoms with van der Waals surface area (Å²) in [5.74, 6) is -1.93. The summed E-state index contributed by atoms with van der Waals surface area (Å²) in [4.78, 5) is 117. The lowest BCUT2D eigenvalue weighted by molar-refractivity contribution is -0.162. The van der Waals surface area contributed by atoms with E-state index >= 15 is 0 Å². The lowest BCUT2D eigenvalue weighted by atomic mass is 10.1. The van der Waals surface area contributed by atoms with Crippen LogP contribution in [0.25, 0.3) is 0 Å². The van der Waals surface area contributed by atoms with Crippen molar-refractivity contribution in [2.75, 3.05) is 39.6 Å². The molecule has 3 saturated heterocycles. The molecule has 5 rings (SSSR count). The Balaban J connectivity index is 0.000000377. The quantitative estimate of drug-likeness (QED) is 0.152. The highest BCUT2D eigenvalue weighted by molar-refractivity contribution is 5.96. The smallest absolute Gasteiger partial charge is 0.420 e. The van der Waals surface area contributed by atoms with Gasteiger partial charge in [-0.25, -0.2) is 43.2 Å². The lowest BCUT2D eigenvalue weighted by Crippen LogP contribution is -2.54. The molecule has 3 fully saturated rings. The molecule has 0 aliphatic carbocycles. The fraction of sp³-hybridized carbons (Fsp3) is 0.682. The molecule has 3 aliphatic rings. The van der Waals surface area contributed by atoms with Gasteiger partial charge in [-0.1, -0.05) is 36.4 Å². The van der Waals surface area contributed by atoms with Crippen molar-refractivity contribution in [2.45, 2.75) is 252 Å². The molecule has 0 spiro atoms. The van der Waals surface area contributed by atoms with Crippen LogP contribution in [-0.4, -0.2) is 236 Å². The van der Waals surface area contributed by atoms with Gasteiger partial charge in [0.15, 0.2) is 30.3 Å². The third-order valence-electron chi connectivity index (χ3n) is 12.5. The molecule has 3 aliphatic heterocycles. The normalized spacial score (nSPS) is 24.9. The van der Waals surface area contributed by atoms with Gasteiger partial charge in [-0.05, 0) is 170 Å². The maximum Gasteiger partial charge on any atom is 0.420 e. The topological polar surface area (TPSA) is 373 Å². The zero-order valence-corrected chi connectivity index (χ0v) is 59.0. The molecule has 96 heavy (non-hydrogen) atoms. The van der Waals surface area contributed by atoms with Crippen LogP contribution in [0.15, 0.2) is 60.7 Å². The fourth-order valence-corrected chi connectivity index (χ4v) is 8.31. The number of para-hydroxylation sites is 2. The van der Waals surface area contributed by atoms with Gasteiger partial charge in [-0.15, -0.1) is 0 Å². The molecule has 0 radical (unpaired) electrons. The van der Waals surface area contributed by atoms with Crippen molar-refractivity contribution >= 4 is 54.5 Å². The highest BCUT2D eigenvalue weighted by Gasteiger charge is 2.48. The van der Waals surface area contributed by atoms with Gasteiger partial charge in [0, 0.05) is 0 Å². The first-order chi connectivity index (χ1) is 44.0. The van der Waals surface area contributed by atoms with Crippen molar-refractivity contribution in [1.82, 2.24) is 14.7 Å². The van der Waals surface area contributed by atoms with Crippen LogP contribution in [0.5, 0.6) is 11.5 Å². The highest BCUT2D eigenvalue weighted by Crippen LogP contribution is 2.27. The van der Waals surface area contributed by atoms with E-state index in [1.54, 1.807) is 180 Å². The predicted octanol–water partition coefficient (Wildman–Crippen LogP) is 7.81. The molecule has 0 aromatic heterocycles. The van der Waals surface area contributed by atoms with Crippen molar-refractivity contribution in [3.63, 3.8) is 0 Å². The number of amides is 6. The number of cyclic esters (lactones) is 3. The largest absolute Gasteiger partial charge is 0.485 e. The molecule has 12 atom stereocenters. The second-order valence-electron chi connectivity index (χ2n) is 28.6. The van der Waals surface area contributed by atoms with Gasteiger partial charge >= 0.3 is 54.5 Å². The second-order valence-corrected chi connectivity index (χ2v) is 28.6. The summed E-state index contributed by atoms with van der Waals surface area (Å²) in [6.07, 6.45) is -16.5. The molecule has 6 amide bonds. The van der Waals surface area contributed by atoms with E-state index in [4.69, 9.17) is 66.3 Å². The van der Waals surface area contributed by atoms with E-state index in [2.05, 4.69) is 0 Å². The van der Waals surface area contributed by atoms with Crippen LogP contribution < -0.4 is 9.47 Å². The zero-order chi connectivity index (χ0) is 73.2. The number of aliphatic hydroxyl groups excluding tert-OH is 4. The molecule has 3 heterocycles. The van der Waals surface area contributed by atoms with Crippen molar-refractivity contribution in [2.24, 2.45) is 0 Å². The summed E-state index contributed by atoms with van der Waals surface area (Å²) >= 11 is 0. The number of imide groups is 3. The van der Waals surface area contributed by atoms with Gasteiger partial charge in [0.1, 0.15) is 87.8 Å². The molecular weight excluding hydrogens is 1270 g/mol. The van der Waals surface area contributed by atoms with Gasteiger partial charge in [-0.2, -0.15) is 14.7 Å². The Labute approximate surface area is 561 Å². The molecular formula is C66H101N3O27. The third-order valence-corrected chi connectivity index (χ3v) is 12.5. The van der Waals surface area contributed by atoms with E-state index in [1.807, 2.05) is 12.1 Å². The average molecular weight is 1370 g/mol. The van der Waals surface area contributed by atoms with Crippen LogP contribution in [0, 0.1) is 0 Å². The summed E-state index contributed by atoms with van der Waals surface area (Å²) < 4.78 is 75.9. The number of aliphatic hydroxyl groups is 4. The maximum absolute atomic E-state index is 13.1. The number of carbonyl (C=O) groups excluding carboxylic acids is 9. The number of nitrogens with zero attached hydrogens (tertiary/aromatic N) is 3. The Morgan fingerprint density at radius 3 is 0.927 bits per heavy atom. The van der Waals surface area contributed by atoms with Gasteiger partial charge < -0.3 is 86.7 Å². The summed E-state index contributed by atoms with van der Waals surface area (Å²) in [7, 11) is 0. The molecule has 0 saturated carbocycles. The number of esters is 3. The minimum absolute atomic E-state index is 0.135. The summed E-state index contributed by atoms with van der Waals surface area (Å²) in [6.45, 7) is 31.5. The Morgan fingerprint density at radius 1 is 0.365 bits per heavy atom. The predicted molar refractivity (Wildman–Crippen MR) is 339 cm³/mol. The molecule has 0 unspecified atom stereocenters. The number of benzene rings is 2. The minimum Gasteiger partial charge on any atom is -0.485 e. The highest BCUT2D eigenvalue weighted by atomic mass is 16.6. The van der Waals surface area contributed by atoms with Gasteiger partial charge in [0.25, 0.3) is 0 Å². The van der Waals surface area contributed by atoms with Crippen LogP contribution in [0.1, 0.15) is 145 Å². The molecule has 4 N–H and O–H groups in total. The summed E-state index contributed by atoms with van der Waals surface area (Å²) in [5.41, 5.74) is -5.67. The first-order valence-electron chi connectivity index (χ1n) is 31.2. The zero-order valence-electron chi connectivity index (χ0n) is 59.0. The van der Waals surface area contributed by atoms with Gasteiger partial charge in [0.2, 0.25) is 0 Å². The van der Waals surface area contributed by atoms with Crippen molar-refractivity contribution in [3.8, 4) is 11.5 Å². The monoisotopic (exact) mass is 1370 g/mol. The maximum atomic E-state index is 13.1. The average Bonchev–Trinajstić information content (AvgIpc) is 1.29. The SMILES string of the molecule is C[C@@H]1OC(=O)[C@@H](N(C(=O)OC(C)(C)C)C(=O)OC(C)(C)C)COC[C@H](O)[C@H]1O.C[C@@H]1OC(=O)[C@@H](N(C(=O)OC(C)(C)C)C(=O)OC(C)(C)C)COC[C@H](O)[C@H]1Oc1ccccc1.C[C@@H]1OC(=O)[C@@H](N(C(=O)OC(C)(C)C)C(=O)OC(C)(C)C)COC[C@H](Oc2ccccc2)[C@H]1O. The van der Waals surface area contributed by atoms with Crippen LogP contribution in [0.3, 0.4) is 0 Å².